The molecule has 0 saturated carbocycles. The molecule has 0 fully saturated rings. The van der Waals surface area contributed by atoms with Crippen molar-refractivity contribution in [1.29, 1.82) is 0 Å². The molecule has 0 aliphatic rings. The van der Waals surface area contributed by atoms with Gasteiger partial charge in [-0.25, -0.2) is 4.98 Å². The van der Waals surface area contributed by atoms with Crippen molar-refractivity contribution < 1.29 is 0 Å². The van der Waals surface area contributed by atoms with Gasteiger partial charge in [0.05, 0.1) is 10.7 Å². The molecule has 0 radical (unpaired) electrons. The number of aromatic nitrogens is 1. The summed E-state index contributed by atoms with van der Waals surface area (Å²) in [6.07, 6.45) is 0. The summed E-state index contributed by atoms with van der Waals surface area (Å²) >= 11 is 7.85. The van der Waals surface area contributed by atoms with E-state index in [2.05, 4.69) is 20.8 Å². The van der Waals surface area contributed by atoms with Crippen LogP contribution in [0.15, 0.2) is 24.3 Å². The van der Waals surface area contributed by atoms with Crippen LogP contribution in [0.2, 0.25) is 5.02 Å². The number of nitrogens with zero attached hydrogens (tertiary/aromatic N) is 1. The zero-order valence-corrected chi connectivity index (χ0v) is 12.4. The molecule has 0 bridgehead atoms. The highest BCUT2D eigenvalue weighted by atomic mass is 35.5. The standard InChI is InChI=1S/C14H17ClN2S/c1-14(2,3)12-11(8-16)18-13(17-12)9-6-4-5-7-10(9)15/h4-7H,8,16H2,1-3H3. The highest BCUT2D eigenvalue weighted by Crippen LogP contribution is 2.36. The van der Waals surface area contributed by atoms with Gasteiger partial charge in [0.2, 0.25) is 0 Å². The van der Waals surface area contributed by atoms with Crippen LogP contribution >= 0.6 is 22.9 Å². The van der Waals surface area contributed by atoms with Crippen LogP contribution in [0.5, 0.6) is 0 Å². The Kier molecular flexibility index (Phi) is 3.76. The van der Waals surface area contributed by atoms with E-state index in [0.717, 1.165) is 26.2 Å². The third kappa shape index (κ3) is 2.58. The molecule has 0 aliphatic heterocycles. The number of rotatable bonds is 2. The van der Waals surface area contributed by atoms with E-state index in [0.29, 0.717) is 6.54 Å². The average Bonchev–Trinajstić information content (AvgIpc) is 2.73. The maximum absolute atomic E-state index is 6.21. The Morgan fingerprint density at radius 2 is 1.94 bits per heavy atom. The van der Waals surface area contributed by atoms with E-state index in [4.69, 9.17) is 22.3 Å². The van der Waals surface area contributed by atoms with Gasteiger partial charge >= 0.3 is 0 Å². The predicted octanol–water partition coefficient (Wildman–Crippen LogP) is 4.22. The maximum atomic E-state index is 6.21. The van der Waals surface area contributed by atoms with E-state index in [1.807, 2.05) is 24.3 Å². The summed E-state index contributed by atoms with van der Waals surface area (Å²) in [7, 11) is 0. The molecular weight excluding hydrogens is 264 g/mol. The lowest BCUT2D eigenvalue weighted by molar-refractivity contribution is 0.567. The van der Waals surface area contributed by atoms with Crippen molar-refractivity contribution >= 4 is 22.9 Å². The first-order valence-electron chi connectivity index (χ1n) is 5.88. The first kappa shape index (κ1) is 13.5. The lowest BCUT2D eigenvalue weighted by Crippen LogP contribution is -2.15. The molecule has 96 valence electrons. The number of hydrogen-bond donors (Lipinski definition) is 1. The van der Waals surface area contributed by atoms with Gasteiger partial charge in [-0.3, -0.25) is 0 Å². The highest BCUT2D eigenvalue weighted by Gasteiger charge is 2.23. The summed E-state index contributed by atoms with van der Waals surface area (Å²) in [6.45, 7) is 6.97. The molecule has 2 aromatic rings. The molecule has 0 aliphatic carbocycles. The van der Waals surface area contributed by atoms with Gasteiger partial charge in [-0.1, -0.05) is 50.6 Å². The number of halogens is 1. The number of benzene rings is 1. The van der Waals surface area contributed by atoms with E-state index in [1.54, 1.807) is 11.3 Å². The van der Waals surface area contributed by atoms with Crippen molar-refractivity contribution in [2.24, 2.45) is 5.73 Å². The van der Waals surface area contributed by atoms with Crippen LogP contribution in [0, 0.1) is 0 Å². The van der Waals surface area contributed by atoms with Gasteiger partial charge in [0, 0.05) is 22.4 Å². The predicted molar refractivity (Wildman–Crippen MR) is 79.2 cm³/mol. The fourth-order valence-electron chi connectivity index (χ4n) is 1.83. The lowest BCUT2D eigenvalue weighted by Gasteiger charge is -2.16. The summed E-state index contributed by atoms with van der Waals surface area (Å²) in [5.74, 6) is 0. The Morgan fingerprint density at radius 3 is 2.44 bits per heavy atom. The zero-order valence-electron chi connectivity index (χ0n) is 10.8. The molecule has 1 aromatic heterocycles. The van der Waals surface area contributed by atoms with Crippen molar-refractivity contribution in [2.75, 3.05) is 0 Å². The quantitative estimate of drug-likeness (QED) is 0.894. The normalized spacial score (nSPS) is 11.8. The van der Waals surface area contributed by atoms with Gasteiger partial charge in [0.1, 0.15) is 5.01 Å². The van der Waals surface area contributed by atoms with Crippen LogP contribution in [-0.2, 0) is 12.0 Å². The van der Waals surface area contributed by atoms with Gasteiger partial charge in [0.25, 0.3) is 0 Å². The van der Waals surface area contributed by atoms with E-state index < -0.39 is 0 Å². The molecular formula is C14H17ClN2S. The lowest BCUT2D eigenvalue weighted by atomic mass is 9.91. The number of nitrogens with two attached hydrogens (primary N) is 1. The van der Waals surface area contributed by atoms with E-state index in [1.165, 1.54) is 0 Å². The van der Waals surface area contributed by atoms with E-state index in [-0.39, 0.29) is 5.41 Å². The molecule has 0 amide bonds. The van der Waals surface area contributed by atoms with Crippen LogP contribution in [0.4, 0.5) is 0 Å². The average molecular weight is 281 g/mol. The van der Waals surface area contributed by atoms with Gasteiger partial charge in [-0.05, 0) is 6.07 Å². The molecule has 2 rings (SSSR count). The number of thiazole rings is 1. The van der Waals surface area contributed by atoms with Crippen LogP contribution in [0.25, 0.3) is 10.6 Å². The van der Waals surface area contributed by atoms with Crippen molar-refractivity contribution in [3.05, 3.63) is 39.9 Å². The van der Waals surface area contributed by atoms with Gasteiger partial charge < -0.3 is 5.73 Å². The maximum Gasteiger partial charge on any atom is 0.125 e. The first-order valence-corrected chi connectivity index (χ1v) is 7.08. The van der Waals surface area contributed by atoms with Gasteiger partial charge in [-0.2, -0.15) is 0 Å². The van der Waals surface area contributed by atoms with E-state index >= 15 is 0 Å². The van der Waals surface area contributed by atoms with E-state index in [9.17, 15) is 0 Å². The molecule has 0 unspecified atom stereocenters. The molecule has 1 heterocycles. The molecule has 0 spiro atoms. The minimum absolute atomic E-state index is 0.00467. The summed E-state index contributed by atoms with van der Waals surface area (Å²) < 4.78 is 0. The molecule has 2 N–H and O–H groups in total. The van der Waals surface area contributed by atoms with Crippen LogP contribution in [0.1, 0.15) is 31.3 Å². The molecule has 0 saturated heterocycles. The third-order valence-corrected chi connectivity index (χ3v) is 4.14. The van der Waals surface area contributed by atoms with Crippen molar-refractivity contribution in [3.63, 3.8) is 0 Å². The molecule has 1 aromatic carbocycles. The zero-order chi connectivity index (χ0) is 13.3. The monoisotopic (exact) mass is 280 g/mol. The molecule has 18 heavy (non-hydrogen) atoms. The van der Waals surface area contributed by atoms with Crippen LogP contribution in [-0.4, -0.2) is 4.98 Å². The molecule has 2 nitrogen and oxygen atoms in total. The number of hydrogen-bond acceptors (Lipinski definition) is 3. The summed E-state index contributed by atoms with van der Waals surface area (Å²) in [6, 6.07) is 7.78. The minimum Gasteiger partial charge on any atom is -0.326 e. The summed E-state index contributed by atoms with van der Waals surface area (Å²) in [5, 5.41) is 1.68. The van der Waals surface area contributed by atoms with Crippen molar-refractivity contribution in [3.8, 4) is 10.6 Å². The summed E-state index contributed by atoms with van der Waals surface area (Å²) in [5.41, 5.74) is 7.87. The summed E-state index contributed by atoms with van der Waals surface area (Å²) in [4.78, 5) is 5.87. The first-order chi connectivity index (χ1) is 8.43. The van der Waals surface area contributed by atoms with Crippen LogP contribution in [0.3, 0.4) is 0 Å². The third-order valence-electron chi connectivity index (χ3n) is 2.70. The molecule has 4 heteroatoms. The molecule has 0 atom stereocenters. The second-order valence-corrected chi connectivity index (χ2v) is 6.72. The fraction of sp³-hybridized carbons (Fsp3) is 0.357. The SMILES string of the molecule is CC(C)(C)c1nc(-c2ccccc2Cl)sc1CN. The Balaban J connectivity index is 2.55. The largest absolute Gasteiger partial charge is 0.326 e. The van der Waals surface area contributed by atoms with Crippen molar-refractivity contribution in [2.45, 2.75) is 32.7 Å². The second-order valence-electron chi connectivity index (χ2n) is 5.22. The van der Waals surface area contributed by atoms with Crippen molar-refractivity contribution in [1.82, 2.24) is 4.98 Å². The van der Waals surface area contributed by atoms with Gasteiger partial charge in [-0.15, -0.1) is 11.3 Å². The van der Waals surface area contributed by atoms with Crippen LogP contribution < -0.4 is 5.73 Å². The fourth-order valence-corrected chi connectivity index (χ4v) is 3.30. The Labute approximate surface area is 117 Å². The minimum atomic E-state index is 0.00467. The Hall–Kier alpha value is -0.900. The Morgan fingerprint density at radius 1 is 1.28 bits per heavy atom. The van der Waals surface area contributed by atoms with Gasteiger partial charge in [0.15, 0.2) is 0 Å². The Bertz CT molecular complexity index is 555. The second kappa shape index (κ2) is 5.00. The topological polar surface area (TPSA) is 38.9 Å². The smallest absolute Gasteiger partial charge is 0.125 e. The highest BCUT2D eigenvalue weighted by molar-refractivity contribution is 7.15.